The molecule has 0 bridgehead atoms. The highest BCUT2D eigenvalue weighted by atomic mass is 16.1. The number of aryl methyl sites for hydroxylation is 1. The second kappa shape index (κ2) is 3.16. The number of pyridine rings is 1. The molecular weight excluding hydrogens is 186 g/mol. The Kier molecular flexibility index (Phi) is 1.81. The standard InChI is InChI=1S/C13H11NO/c15-11-5-1-3-9-6-7-10-4-2-8-14-13(10)12(9)11/h2,4,6-8H,1,3,5H2. The number of rotatable bonds is 0. The summed E-state index contributed by atoms with van der Waals surface area (Å²) in [7, 11) is 0. The van der Waals surface area contributed by atoms with Crippen LogP contribution in [0.2, 0.25) is 0 Å². The quantitative estimate of drug-likeness (QED) is 0.650. The predicted molar refractivity (Wildman–Crippen MR) is 59.0 cm³/mol. The number of benzene rings is 1. The summed E-state index contributed by atoms with van der Waals surface area (Å²) in [5, 5.41) is 1.06. The summed E-state index contributed by atoms with van der Waals surface area (Å²) in [5.74, 6) is 0.251. The van der Waals surface area contributed by atoms with Crippen LogP contribution in [0.3, 0.4) is 0 Å². The molecular formula is C13H11NO. The number of aromatic nitrogens is 1. The van der Waals surface area contributed by atoms with Crippen molar-refractivity contribution in [2.45, 2.75) is 19.3 Å². The molecule has 0 fully saturated rings. The van der Waals surface area contributed by atoms with Gasteiger partial charge in [-0.1, -0.05) is 18.2 Å². The summed E-state index contributed by atoms with van der Waals surface area (Å²) in [6.07, 6.45) is 4.41. The zero-order valence-electron chi connectivity index (χ0n) is 8.36. The zero-order valence-corrected chi connectivity index (χ0v) is 8.36. The van der Waals surface area contributed by atoms with Gasteiger partial charge in [-0.05, 0) is 24.5 Å². The molecule has 1 aromatic carbocycles. The lowest BCUT2D eigenvalue weighted by atomic mass is 9.89. The van der Waals surface area contributed by atoms with Gasteiger partial charge in [-0.3, -0.25) is 9.78 Å². The summed E-state index contributed by atoms with van der Waals surface area (Å²) in [6.45, 7) is 0. The van der Waals surface area contributed by atoms with Crippen LogP contribution in [0.25, 0.3) is 10.9 Å². The minimum absolute atomic E-state index is 0.251. The van der Waals surface area contributed by atoms with Crippen LogP contribution in [-0.2, 0) is 6.42 Å². The van der Waals surface area contributed by atoms with Gasteiger partial charge in [0.05, 0.1) is 5.52 Å². The lowest BCUT2D eigenvalue weighted by Crippen LogP contribution is -2.11. The maximum atomic E-state index is 11.9. The van der Waals surface area contributed by atoms with Gasteiger partial charge < -0.3 is 0 Å². The average Bonchev–Trinajstić information content (AvgIpc) is 2.29. The van der Waals surface area contributed by atoms with Gasteiger partial charge >= 0.3 is 0 Å². The molecule has 0 spiro atoms. The Labute approximate surface area is 87.9 Å². The van der Waals surface area contributed by atoms with Gasteiger partial charge in [0.2, 0.25) is 0 Å². The molecule has 1 heterocycles. The largest absolute Gasteiger partial charge is 0.294 e. The Balaban J connectivity index is 2.40. The molecule has 0 N–H and O–H groups in total. The minimum Gasteiger partial charge on any atom is -0.294 e. The first-order valence-electron chi connectivity index (χ1n) is 5.26. The van der Waals surface area contributed by atoms with Crippen LogP contribution in [0.4, 0.5) is 0 Å². The van der Waals surface area contributed by atoms with E-state index in [0.717, 1.165) is 34.9 Å². The highest BCUT2D eigenvalue weighted by Crippen LogP contribution is 2.27. The maximum absolute atomic E-state index is 11.9. The van der Waals surface area contributed by atoms with Crippen LogP contribution >= 0.6 is 0 Å². The smallest absolute Gasteiger partial charge is 0.165 e. The van der Waals surface area contributed by atoms with E-state index in [9.17, 15) is 4.79 Å². The van der Waals surface area contributed by atoms with Crippen molar-refractivity contribution in [2.75, 3.05) is 0 Å². The number of Topliss-reactive ketones (excluding diaryl/α,β-unsaturated/α-hetero) is 1. The Morgan fingerprint density at radius 2 is 2.07 bits per heavy atom. The van der Waals surface area contributed by atoms with E-state index in [-0.39, 0.29) is 5.78 Å². The van der Waals surface area contributed by atoms with Gasteiger partial charge in [0.25, 0.3) is 0 Å². The van der Waals surface area contributed by atoms with E-state index in [1.165, 1.54) is 0 Å². The maximum Gasteiger partial charge on any atom is 0.165 e. The molecule has 1 aromatic heterocycles. The highest BCUT2D eigenvalue weighted by Gasteiger charge is 2.19. The second-order valence-corrected chi connectivity index (χ2v) is 3.95. The van der Waals surface area contributed by atoms with Crippen molar-refractivity contribution in [1.29, 1.82) is 0 Å². The zero-order chi connectivity index (χ0) is 10.3. The van der Waals surface area contributed by atoms with Crippen LogP contribution in [0, 0.1) is 0 Å². The van der Waals surface area contributed by atoms with E-state index in [4.69, 9.17) is 0 Å². The van der Waals surface area contributed by atoms with Crippen LogP contribution in [-0.4, -0.2) is 10.8 Å². The molecule has 2 aromatic rings. The third-order valence-electron chi connectivity index (χ3n) is 2.99. The number of carbonyl (C=O) groups is 1. The van der Waals surface area contributed by atoms with E-state index in [1.54, 1.807) is 6.20 Å². The summed E-state index contributed by atoms with van der Waals surface area (Å²) < 4.78 is 0. The molecule has 0 saturated heterocycles. The van der Waals surface area contributed by atoms with Gasteiger partial charge in [0.1, 0.15) is 0 Å². The first-order valence-corrected chi connectivity index (χ1v) is 5.26. The molecule has 2 nitrogen and oxygen atoms in total. The molecule has 74 valence electrons. The van der Waals surface area contributed by atoms with Crippen LogP contribution in [0.5, 0.6) is 0 Å². The van der Waals surface area contributed by atoms with Crippen molar-refractivity contribution < 1.29 is 4.79 Å². The van der Waals surface area contributed by atoms with E-state index < -0.39 is 0 Å². The van der Waals surface area contributed by atoms with Gasteiger partial charge in [-0.15, -0.1) is 0 Å². The molecule has 3 rings (SSSR count). The second-order valence-electron chi connectivity index (χ2n) is 3.95. The van der Waals surface area contributed by atoms with Crippen LogP contribution in [0.15, 0.2) is 30.5 Å². The third-order valence-corrected chi connectivity index (χ3v) is 2.99. The number of hydrogen-bond donors (Lipinski definition) is 0. The fourth-order valence-corrected chi connectivity index (χ4v) is 2.27. The Morgan fingerprint density at radius 1 is 1.13 bits per heavy atom. The van der Waals surface area contributed by atoms with E-state index in [2.05, 4.69) is 17.1 Å². The first-order chi connectivity index (χ1) is 7.36. The van der Waals surface area contributed by atoms with E-state index >= 15 is 0 Å². The number of fused-ring (bicyclic) bond motifs is 3. The lowest BCUT2D eigenvalue weighted by molar-refractivity contribution is 0.0974. The molecule has 0 atom stereocenters. The fraction of sp³-hybridized carbons (Fsp3) is 0.231. The van der Waals surface area contributed by atoms with Crippen LogP contribution < -0.4 is 0 Å². The molecule has 0 amide bonds. The minimum atomic E-state index is 0.251. The topological polar surface area (TPSA) is 30.0 Å². The van der Waals surface area contributed by atoms with Crippen molar-refractivity contribution in [3.63, 3.8) is 0 Å². The molecule has 0 unspecified atom stereocenters. The summed E-state index contributed by atoms with van der Waals surface area (Å²) in [4.78, 5) is 16.2. The molecule has 15 heavy (non-hydrogen) atoms. The summed E-state index contributed by atoms with van der Waals surface area (Å²) in [6, 6.07) is 8.03. The van der Waals surface area contributed by atoms with Gasteiger partial charge in [0, 0.05) is 23.6 Å². The molecule has 0 saturated carbocycles. The van der Waals surface area contributed by atoms with Crippen molar-refractivity contribution in [1.82, 2.24) is 4.98 Å². The van der Waals surface area contributed by atoms with E-state index in [1.807, 2.05) is 12.1 Å². The first kappa shape index (κ1) is 8.60. The fourth-order valence-electron chi connectivity index (χ4n) is 2.27. The number of hydrogen-bond acceptors (Lipinski definition) is 2. The number of nitrogens with zero attached hydrogens (tertiary/aromatic N) is 1. The van der Waals surface area contributed by atoms with Crippen molar-refractivity contribution in [3.8, 4) is 0 Å². The molecule has 1 aliphatic carbocycles. The Hall–Kier alpha value is -1.70. The van der Waals surface area contributed by atoms with Crippen molar-refractivity contribution in [2.24, 2.45) is 0 Å². The Morgan fingerprint density at radius 3 is 3.00 bits per heavy atom. The molecule has 0 radical (unpaired) electrons. The highest BCUT2D eigenvalue weighted by molar-refractivity contribution is 6.08. The Bertz CT molecular complexity index is 545. The van der Waals surface area contributed by atoms with E-state index in [0.29, 0.717) is 6.42 Å². The monoisotopic (exact) mass is 197 g/mol. The van der Waals surface area contributed by atoms with Gasteiger partial charge in [-0.2, -0.15) is 0 Å². The average molecular weight is 197 g/mol. The summed E-state index contributed by atoms with van der Waals surface area (Å²) >= 11 is 0. The van der Waals surface area contributed by atoms with Gasteiger partial charge in [0.15, 0.2) is 5.78 Å². The molecule has 0 aliphatic heterocycles. The van der Waals surface area contributed by atoms with Crippen molar-refractivity contribution in [3.05, 3.63) is 41.6 Å². The number of carbonyl (C=O) groups excluding carboxylic acids is 1. The SMILES string of the molecule is O=C1CCCc2ccc3cccnc3c21. The van der Waals surface area contributed by atoms with Crippen LogP contribution in [0.1, 0.15) is 28.8 Å². The number of ketones is 1. The normalized spacial score (nSPS) is 15.3. The predicted octanol–water partition coefficient (Wildman–Crippen LogP) is 2.75. The summed E-state index contributed by atoms with van der Waals surface area (Å²) in [5.41, 5.74) is 2.90. The lowest BCUT2D eigenvalue weighted by Gasteiger charge is -2.15. The molecule has 1 aliphatic rings. The molecule has 2 heteroatoms. The van der Waals surface area contributed by atoms with Gasteiger partial charge in [-0.25, -0.2) is 0 Å². The van der Waals surface area contributed by atoms with Crippen molar-refractivity contribution >= 4 is 16.7 Å². The third kappa shape index (κ3) is 1.25.